The van der Waals surface area contributed by atoms with Gasteiger partial charge in [-0.05, 0) is 73.6 Å². The summed E-state index contributed by atoms with van der Waals surface area (Å²) in [7, 11) is 0. The second kappa shape index (κ2) is 13.3. The lowest BCUT2D eigenvalue weighted by Crippen LogP contribution is -2.30. The van der Waals surface area contributed by atoms with E-state index in [9.17, 15) is 9.59 Å². The van der Waals surface area contributed by atoms with Crippen LogP contribution in [0.5, 0.6) is 0 Å². The Balaban J connectivity index is 1.70. The Labute approximate surface area is 220 Å². The van der Waals surface area contributed by atoms with Gasteiger partial charge in [0.1, 0.15) is 17.1 Å². The summed E-state index contributed by atoms with van der Waals surface area (Å²) >= 11 is 1.58. The third-order valence-electron chi connectivity index (χ3n) is 6.95. The zero-order valence-corrected chi connectivity index (χ0v) is 23.7. The Morgan fingerprint density at radius 1 is 0.944 bits per heavy atom. The molecular formula is C31H43NO3S. The molecule has 2 heterocycles. The fourth-order valence-electron chi connectivity index (χ4n) is 5.19. The zero-order valence-electron chi connectivity index (χ0n) is 22.9. The number of Topliss-reactive ketones (excluding diaryl/α,β-unsaturated/α-hetero) is 2. The molecule has 0 amide bonds. The van der Waals surface area contributed by atoms with Gasteiger partial charge >= 0.3 is 0 Å². The van der Waals surface area contributed by atoms with E-state index in [0.717, 1.165) is 47.4 Å². The lowest BCUT2D eigenvalue weighted by molar-refractivity contribution is -0.133. The number of hydrogen-bond donors (Lipinski definition) is 0. The van der Waals surface area contributed by atoms with Crippen LogP contribution in [0.2, 0.25) is 0 Å². The van der Waals surface area contributed by atoms with Gasteiger partial charge in [-0.3, -0.25) is 9.59 Å². The molecule has 3 aromatic rings. The number of aryl methyl sites for hydroxylation is 1. The number of hydrogen-bond acceptors (Lipinski definition) is 5. The lowest BCUT2D eigenvalue weighted by Gasteiger charge is -2.23. The minimum Gasteiger partial charge on any atom is -0.464 e. The molecule has 0 fully saturated rings. The average Bonchev–Trinajstić information content (AvgIpc) is 3.43. The van der Waals surface area contributed by atoms with E-state index in [1.807, 2.05) is 24.4 Å². The maximum atomic E-state index is 13.6. The van der Waals surface area contributed by atoms with Crippen LogP contribution in [0.4, 0.5) is 0 Å². The first-order chi connectivity index (χ1) is 17.1. The Bertz CT molecular complexity index is 1130. The molecule has 3 rings (SSSR count). The van der Waals surface area contributed by atoms with Gasteiger partial charge in [-0.2, -0.15) is 0 Å². The van der Waals surface area contributed by atoms with Gasteiger partial charge in [0.15, 0.2) is 0 Å². The van der Waals surface area contributed by atoms with Crippen molar-refractivity contribution in [3.8, 4) is 0 Å². The quantitative estimate of drug-likeness (QED) is 0.193. The van der Waals surface area contributed by atoms with Crippen LogP contribution in [0, 0.1) is 36.5 Å². The molecule has 1 aromatic carbocycles. The predicted molar refractivity (Wildman–Crippen MR) is 149 cm³/mol. The maximum Gasteiger partial charge on any atom is 0.144 e. The van der Waals surface area contributed by atoms with Crippen molar-refractivity contribution in [2.24, 2.45) is 29.6 Å². The van der Waals surface area contributed by atoms with E-state index >= 15 is 0 Å². The molecule has 196 valence electrons. The van der Waals surface area contributed by atoms with Crippen molar-refractivity contribution < 1.29 is 14.0 Å². The molecule has 0 saturated heterocycles. The number of benzene rings is 1. The molecule has 0 aliphatic rings. The van der Waals surface area contributed by atoms with E-state index in [1.54, 1.807) is 17.6 Å². The van der Waals surface area contributed by atoms with Gasteiger partial charge in [-0.25, -0.2) is 4.98 Å². The van der Waals surface area contributed by atoms with Crippen molar-refractivity contribution >= 4 is 33.9 Å². The van der Waals surface area contributed by atoms with Crippen molar-refractivity contribution in [1.29, 1.82) is 0 Å². The molecule has 2 aromatic heterocycles. The number of thiazole rings is 1. The highest BCUT2D eigenvalue weighted by molar-refractivity contribution is 7.09. The first kappa shape index (κ1) is 28.3. The Morgan fingerprint density at radius 2 is 1.69 bits per heavy atom. The minimum absolute atomic E-state index is 0.0645. The van der Waals surface area contributed by atoms with Crippen molar-refractivity contribution in [2.75, 3.05) is 0 Å². The zero-order chi connectivity index (χ0) is 26.2. The molecular weight excluding hydrogens is 466 g/mol. The van der Waals surface area contributed by atoms with Crippen LogP contribution in [-0.4, -0.2) is 16.6 Å². The largest absolute Gasteiger partial charge is 0.464 e. The normalized spacial score (nSPS) is 14.4. The number of rotatable bonds is 15. The fourth-order valence-corrected chi connectivity index (χ4v) is 5.81. The Morgan fingerprint density at radius 3 is 2.36 bits per heavy atom. The summed E-state index contributed by atoms with van der Waals surface area (Å²) in [6.07, 6.45) is 7.02. The second-order valence-corrected chi connectivity index (χ2v) is 12.6. The number of fused-ring (bicyclic) bond motifs is 1. The SMILES string of the molecule is Cc1nc(CC(C(=O)CC(C)Cc2ccc3occc3c2)C(=O)CC(CCC(C)C)CC(C)C)cs1. The van der Waals surface area contributed by atoms with Crippen LogP contribution in [0.15, 0.2) is 40.3 Å². The summed E-state index contributed by atoms with van der Waals surface area (Å²) in [5, 5.41) is 4.05. The molecule has 0 saturated carbocycles. The number of furan rings is 1. The van der Waals surface area contributed by atoms with Crippen LogP contribution in [0.1, 0.15) is 83.0 Å². The first-order valence-electron chi connectivity index (χ1n) is 13.5. The number of ketones is 2. The van der Waals surface area contributed by atoms with Crippen molar-refractivity contribution in [3.63, 3.8) is 0 Å². The summed E-state index contributed by atoms with van der Waals surface area (Å²) < 4.78 is 5.45. The predicted octanol–water partition coefficient (Wildman–Crippen LogP) is 8.25. The first-order valence-corrected chi connectivity index (χ1v) is 14.4. The molecule has 0 N–H and O–H groups in total. The average molecular weight is 510 g/mol. The molecule has 3 atom stereocenters. The number of nitrogens with zero attached hydrogens (tertiary/aromatic N) is 1. The van der Waals surface area contributed by atoms with Crippen molar-refractivity contribution in [3.05, 3.63) is 52.2 Å². The highest BCUT2D eigenvalue weighted by atomic mass is 32.1. The third-order valence-corrected chi connectivity index (χ3v) is 7.78. The number of aromatic nitrogens is 1. The summed E-state index contributed by atoms with van der Waals surface area (Å²) in [4.78, 5) is 31.8. The molecule has 0 aliphatic heterocycles. The van der Waals surface area contributed by atoms with E-state index in [0.29, 0.717) is 37.0 Å². The van der Waals surface area contributed by atoms with E-state index in [1.165, 1.54) is 5.56 Å². The van der Waals surface area contributed by atoms with E-state index in [-0.39, 0.29) is 17.5 Å². The van der Waals surface area contributed by atoms with Crippen LogP contribution < -0.4 is 0 Å². The summed E-state index contributed by atoms with van der Waals surface area (Å²) in [6.45, 7) is 13.0. The number of carbonyl (C=O) groups excluding carboxylic acids is 2. The van der Waals surface area contributed by atoms with Crippen molar-refractivity contribution in [2.45, 2.75) is 86.5 Å². The molecule has 36 heavy (non-hydrogen) atoms. The van der Waals surface area contributed by atoms with Crippen molar-refractivity contribution in [1.82, 2.24) is 4.98 Å². The standard InChI is InChI=1S/C31H43NO3S/c1-20(2)7-8-24(13-21(3)4)17-30(34)28(18-27-19-36-23(6)32-27)29(33)15-22(5)14-25-9-10-31-26(16-25)11-12-35-31/h9-12,16,19-22,24,28H,7-8,13-15,17-18H2,1-6H3. The third kappa shape index (κ3) is 8.69. The van der Waals surface area contributed by atoms with Gasteiger partial charge in [-0.15, -0.1) is 11.3 Å². The second-order valence-electron chi connectivity index (χ2n) is 11.5. The molecule has 0 aliphatic carbocycles. The molecule has 0 spiro atoms. The highest BCUT2D eigenvalue weighted by Crippen LogP contribution is 2.28. The van der Waals surface area contributed by atoms with Gasteiger partial charge in [-0.1, -0.05) is 47.1 Å². The molecule has 5 heteroatoms. The van der Waals surface area contributed by atoms with E-state index in [4.69, 9.17) is 4.42 Å². The lowest BCUT2D eigenvalue weighted by atomic mass is 9.80. The van der Waals surface area contributed by atoms with Gasteiger partial charge < -0.3 is 4.42 Å². The Hall–Kier alpha value is -2.27. The monoisotopic (exact) mass is 509 g/mol. The summed E-state index contributed by atoms with van der Waals surface area (Å²) in [5.74, 6) is 1.22. The Kier molecular flexibility index (Phi) is 10.5. The van der Waals surface area contributed by atoms with Gasteiger partial charge in [0.2, 0.25) is 0 Å². The van der Waals surface area contributed by atoms with E-state index in [2.05, 4.69) is 51.7 Å². The minimum atomic E-state index is -0.598. The fraction of sp³-hybridized carbons (Fsp3) is 0.581. The van der Waals surface area contributed by atoms with Gasteiger partial charge in [0.05, 0.1) is 22.9 Å². The van der Waals surface area contributed by atoms with Crippen LogP contribution in [-0.2, 0) is 22.4 Å². The van der Waals surface area contributed by atoms with Gasteiger partial charge in [0, 0.05) is 30.0 Å². The van der Waals surface area contributed by atoms with Gasteiger partial charge in [0.25, 0.3) is 0 Å². The molecule has 0 bridgehead atoms. The van der Waals surface area contributed by atoms with E-state index < -0.39 is 5.92 Å². The van der Waals surface area contributed by atoms with Crippen LogP contribution >= 0.6 is 11.3 Å². The molecule has 0 radical (unpaired) electrons. The molecule has 4 nitrogen and oxygen atoms in total. The van der Waals surface area contributed by atoms with Crippen LogP contribution in [0.25, 0.3) is 11.0 Å². The number of carbonyl (C=O) groups is 2. The topological polar surface area (TPSA) is 60.2 Å². The van der Waals surface area contributed by atoms with Crippen LogP contribution in [0.3, 0.4) is 0 Å². The summed E-state index contributed by atoms with van der Waals surface area (Å²) in [6, 6.07) is 8.15. The molecule has 3 unspecified atom stereocenters. The maximum absolute atomic E-state index is 13.6. The summed E-state index contributed by atoms with van der Waals surface area (Å²) in [5.41, 5.74) is 2.93. The highest BCUT2D eigenvalue weighted by Gasteiger charge is 2.30. The smallest absolute Gasteiger partial charge is 0.144 e.